The second kappa shape index (κ2) is 5.99. The molecule has 2 aromatic rings. The Morgan fingerprint density at radius 1 is 1.10 bits per heavy atom. The molecule has 0 saturated heterocycles. The molecule has 0 aliphatic carbocycles. The first-order valence-corrected chi connectivity index (χ1v) is 6.27. The highest BCUT2D eigenvalue weighted by molar-refractivity contribution is 5.95. The van der Waals surface area contributed by atoms with Gasteiger partial charge < -0.3 is 4.74 Å². The lowest BCUT2D eigenvalue weighted by molar-refractivity contribution is -0.138. The molecule has 0 radical (unpaired) electrons. The van der Waals surface area contributed by atoms with Crippen LogP contribution in [-0.2, 0) is 12.8 Å². The van der Waals surface area contributed by atoms with Gasteiger partial charge in [-0.05, 0) is 30.7 Å². The zero-order valence-corrected chi connectivity index (χ0v) is 11.3. The molecule has 2 aromatic carbocycles. The Labute approximate surface area is 120 Å². The van der Waals surface area contributed by atoms with E-state index in [2.05, 4.69) is 0 Å². The maximum Gasteiger partial charge on any atom is 0.417 e. The largest absolute Gasteiger partial charge is 0.489 e. The van der Waals surface area contributed by atoms with E-state index in [-0.39, 0.29) is 17.9 Å². The lowest BCUT2D eigenvalue weighted by Crippen LogP contribution is -2.12. The van der Waals surface area contributed by atoms with Crippen LogP contribution in [0, 0.1) is 0 Å². The summed E-state index contributed by atoms with van der Waals surface area (Å²) < 4.78 is 44.2. The standard InChI is InChI=1S/C16H13F3O2/c1-11(20)14-8-7-13(9-15(14)16(17,18)19)21-10-12-5-3-2-4-6-12/h2-9H,10H2,1H3. The van der Waals surface area contributed by atoms with Crippen molar-refractivity contribution >= 4 is 5.78 Å². The maximum atomic E-state index is 12.9. The number of ether oxygens (including phenoxy) is 1. The Hall–Kier alpha value is -2.30. The smallest absolute Gasteiger partial charge is 0.417 e. The number of rotatable bonds is 4. The average molecular weight is 294 g/mol. The number of carbonyl (C=O) groups excluding carboxylic acids is 1. The SMILES string of the molecule is CC(=O)c1ccc(OCc2ccccc2)cc1C(F)(F)F. The molecule has 0 atom stereocenters. The van der Waals surface area contributed by atoms with E-state index in [0.717, 1.165) is 24.6 Å². The Kier molecular flexibility index (Phi) is 4.31. The number of hydrogen-bond acceptors (Lipinski definition) is 2. The van der Waals surface area contributed by atoms with Gasteiger partial charge in [-0.3, -0.25) is 4.79 Å². The Balaban J connectivity index is 2.24. The van der Waals surface area contributed by atoms with E-state index in [9.17, 15) is 18.0 Å². The summed E-state index contributed by atoms with van der Waals surface area (Å²) in [4.78, 5) is 11.3. The number of ketones is 1. The molecular formula is C16H13F3O2. The lowest BCUT2D eigenvalue weighted by Gasteiger charge is -2.13. The van der Waals surface area contributed by atoms with Crippen molar-refractivity contribution in [3.05, 3.63) is 65.2 Å². The van der Waals surface area contributed by atoms with E-state index in [1.165, 1.54) is 6.07 Å². The number of carbonyl (C=O) groups is 1. The fourth-order valence-corrected chi connectivity index (χ4v) is 1.90. The number of hydrogen-bond donors (Lipinski definition) is 0. The van der Waals surface area contributed by atoms with Crippen molar-refractivity contribution in [2.45, 2.75) is 19.7 Å². The van der Waals surface area contributed by atoms with Crippen LogP contribution in [0.1, 0.15) is 28.4 Å². The maximum absolute atomic E-state index is 12.9. The fourth-order valence-electron chi connectivity index (χ4n) is 1.90. The highest BCUT2D eigenvalue weighted by Crippen LogP contribution is 2.34. The van der Waals surface area contributed by atoms with Crippen LogP contribution < -0.4 is 4.74 Å². The summed E-state index contributed by atoms with van der Waals surface area (Å²) in [5.74, 6) is -0.548. The first-order valence-electron chi connectivity index (χ1n) is 6.27. The van der Waals surface area contributed by atoms with Gasteiger partial charge in [0.25, 0.3) is 0 Å². The van der Waals surface area contributed by atoms with Gasteiger partial charge in [0.2, 0.25) is 0 Å². The molecule has 0 amide bonds. The summed E-state index contributed by atoms with van der Waals surface area (Å²) in [5, 5.41) is 0. The number of halogens is 3. The normalized spacial score (nSPS) is 11.2. The quantitative estimate of drug-likeness (QED) is 0.777. The van der Waals surface area contributed by atoms with E-state index >= 15 is 0 Å². The van der Waals surface area contributed by atoms with E-state index < -0.39 is 17.5 Å². The molecule has 2 nitrogen and oxygen atoms in total. The van der Waals surface area contributed by atoms with Crippen molar-refractivity contribution in [3.63, 3.8) is 0 Å². The van der Waals surface area contributed by atoms with Crippen molar-refractivity contribution in [2.24, 2.45) is 0 Å². The minimum absolute atomic E-state index is 0.0798. The first kappa shape index (κ1) is 15.1. The summed E-state index contributed by atoms with van der Waals surface area (Å²) in [5.41, 5.74) is -0.475. The molecule has 5 heteroatoms. The summed E-state index contributed by atoms with van der Waals surface area (Å²) in [6, 6.07) is 12.5. The van der Waals surface area contributed by atoms with Gasteiger partial charge in [-0.25, -0.2) is 0 Å². The van der Waals surface area contributed by atoms with E-state index in [1.54, 1.807) is 0 Å². The average Bonchev–Trinajstić information content (AvgIpc) is 2.45. The van der Waals surface area contributed by atoms with Crippen LogP contribution in [-0.4, -0.2) is 5.78 Å². The zero-order chi connectivity index (χ0) is 15.5. The van der Waals surface area contributed by atoms with Gasteiger partial charge in [0.15, 0.2) is 5.78 Å². The molecule has 0 aromatic heterocycles. The van der Waals surface area contributed by atoms with Crippen LogP contribution in [0.15, 0.2) is 48.5 Å². The van der Waals surface area contributed by atoms with Gasteiger partial charge in [-0.1, -0.05) is 30.3 Å². The van der Waals surface area contributed by atoms with Crippen LogP contribution in [0.25, 0.3) is 0 Å². The van der Waals surface area contributed by atoms with Crippen LogP contribution >= 0.6 is 0 Å². The minimum atomic E-state index is -4.59. The Bertz CT molecular complexity index is 634. The fraction of sp³-hybridized carbons (Fsp3) is 0.188. The van der Waals surface area contributed by atoms with Gasteiger partial charge in [-0.2, -0.15) is 13.2 Å². The highest BCUT2D eigenvalue weighted by Gasteiger charge is 2.34. The molecule has 21 heavy (non-hydrogen) atoms. The van der Waals surface area contributed by atoms with Crippen LogP contribution in [0.2, 0.25) is 0 Å². The third-order valence-electron chi connectivity index (χ3n) is 2.92. The van der Waals surface area contributed by atoms with Gasteiger partial charge in [0.1, 0.15) is 12.4 Å². The van der Waals surface area contributed by atoms with Gasteiger partial charge in [0, 0.05) is 5.56 Å². The van der Waals surface area contributed by atoms with Crippen molar-refractivity contribution in [1.29, 1.82) is 0 Å². The molecule has 0 aliphatic heterocycles. The number of alkyl halides is 3. The van der Waals surface area contributed by atoms with E-state index in [1.807, 2.05) is 30.3 Å². The van der Waals surface area contributed by atoms with E-state index in [4.69, 9.17) is 4.74 Å². The minimum Gasteiger partial charge on any atom is -0.489 e. The molecule has 2 rings (SSSR count). The Morgan fingerprint density at radius 2 is 1.76 bits per heavy atom. The molecule has 0 saturated carbocycles. The second-order valence-corrected chi connectivity index (χ2v) is 4.54. The summed E-state index contributed by atoms with van der Waals surface area (Å²) in [6.07, 6.45) is -4.59. The summed E-state index contributed by atoms with van der Waals surface area (Å²) in [7, 11) is 0. The monoisotopic (exact) mass is 294 g/mol. The van der Waals surface area contributed by atoms with Crippen molar-refractivity contribution in [2.75, 3.05) is 0 Å². The van der Waals surface area contributed by atoms with Crippen LogP contribution in [0.4, 0.5) is 13.2 Å². The van der Waals surface area contributed by atoms with E-state index in [0.29, 0.717) is 0 Å². The topological polar surface area (TPSA) is 26.3 Å². The van der Waals surface area contributed by atoms with Crippen molar-refractivity contribution < 1.29 is 22.7 Å². The molecule has 0 bridgehead atoms. The molecule has 0 fully saturated rings. The molecule has 0 N–H and O–H groups in total. The number of benzene rings is 2. The third kappa shape index (κ3) is 3.84. The molecular weight excluding hydrogens is 281 g/mol. The molecule has 0 spiro atoms. The van der Waals surface area contributed by atoms with Crippen molar-refractivity contribution in [1.82, 2.24) is 0 Å². The highest BCUT2D eigenvalue weighted by atomic mass is 19.4. The lowest BCUT2D eigenvalue weighted by atomic mass is 10.0. The van der Waals surface area contributed by atoms with Crippen molar-refractivity contribution in [3.8, 4) is 5.75 Å². The van der Waals surface area contributed by atoms with Gasteiger partial charge in [0.05, 0.1) is 5.56 Å². The Morgan fingerprint density at radius 3 is 2.33 bits per heavy atom. The van der Waals surface area contributed by atoms with Crippen LogP contribution in [0.3, 0.4) is 0 Å². The zero-order valence-electron chi connectivity index (χ0n) is 11.3. The van der Waals surface area contributed by atoms with Gasteiger partial charge in [-0.15, -0.1) is 0 Å². The first-order chi connectivity index (χ1) is 9.88. The molecule has 110 valence electrons. The number of Topliss-reactive ketones (excluding diaryl/α,β-unsaturated/α-hetero) is 1. The predicted octanol–water partition coefficient (Wildman–Crippen LogP) is 4.49. The molecule has 0 unspecified atom stereocenters. The van der Waals surface area contributed by atoms with Gasteiger partial charge >= 0.3 is 6.18 Å². The molecule has 0 aliphatic rings. The summed E-state index contributed by atoms with van der Waals surface area (Å²) >= 11 is 0. The predicted molar refractivity (Wildman–Crippen MR) is 72.2 cm³/mol. The third-order valence-corrected chi connectivity index (χ3v) is 2.92. The van der Waals surface area contributed by atoms with Crippen LogP contribution in [0.5, 0.6) is 5.75 Å². The second-order valence-electron chi connectivity index (χ2n) is 4.54. The summed E-state index contributed by atoms with van der Waals surface area (Å²) in [6.45, 7) is 1.27. The molecule has 0 heterocycles.